The van der Waals surface area contributed by atoms with Crippen molar-refractivity contribution in [1.82, 2.24) is 5.43 Å². The average molecular weight is 176 g/mol. The summed E-state index contributed by atoms with van der Waals surface area (Å²) in [5.74, 6) is 0.247. The summed E-state index contributed by atoms with van der Waals surface area (Å²) < 4.78 is 0. The first kappa shape index (κ1) is 9.32. The summed E-state index contributed by atoms with van der Waals surface area (Å²) in [4.78, 5) is 0. The smallest absolute Gasteiger partial charge is 0.115 e. The van der Waals surface area contributed by atoms with E-state index in [9.17, 15) is 0 Å². The Bertz CT molecular complexity index is 314. The van der Waals surface area contributed by atoms with E-state index in [1.807, 2.05) is 0 Å². The first-order chi connectivity index (χ1) is 6.27. The van der Waals surface area contributed by atoms with Gasteiger partial charge in [0, 0.05) is 12.6 Å². The van der Waals surface area contributed by atoms with Gasteiger partial charge < -0.3 is 10.5 Å². The van der Waals surface area contributed by atoms with Crippen LogP contribution in [0.3, 0.4) is 0 Å². The minimum absolute atomic E-state index is 0.247. The zero-order valence-electron chi connectivity index (χ0n) is 7.49. The third kappa shape index (κ3) is 2.33. The Labute approximate surface area is 77.4 Å². The molecule has 0 unspecified atom stereocenters. The molecule has 3 nitrogen and oxygen atoms in total. The Morgan fingerprint density at radius 1 is 1.46 bits per heavy atom. The number of hydrogen-bond acceptors (Lipinski definition) is 3. The van der Waals surface area contributed by atoms with Gasteiger partial charge in [-0.1, -0.05) is 6.58 Å². The van der Waals surface area contributed by atoms with Gasteiger partial charge in [0.1, 0.15) is 5.75 Å². The average Bonchev–Trinajstić information content (AvgIpc) is 2.16. The predicted molar refractivity (Wildman–Crippen MR) is 53.9 cm³/mol. The fourth-order valence-corrected chi connectivity index (χ4v) is 0.981. The number of rotatable bonds is 3. The Balaban J connectivity index is 2.99. The molecule has 0 aliphatic heterocycles. The van der Waals surface area contributed by atoms with Crippen LogP contribution in [-0.4, -0.2) is 17.9 Å². The van der Waals surface area contributed by atoms with Gasteiger partial charge >= 0.3 is 0 Å². The van der Waals surface area contributed by atoms with Gasteiger partial charge in [0.05, 0.1) is 5.71 Å². The summed E-state index contributed by atoms with van der Waals surface area (Å²) in [7, 11) is 1.73. The van der Waals surface area contributed by atoms with Crippen LogP contribution in [0.25, 0.3) is 0 Å². The van der Waals surface area contributed by atoms with Crippen molar-refractivity contribution in [1.29, 1.82) is 0 Å². The van der Waals surface area contributed by atoms with E-state index in [4.69, 9.17) is 5.11 Å². The Morgan fingerprint density at radius 2 is 2.08 bits per heavy atom. The van der Waals surface area contributed by atoms with E-state index in [0.29, 0.717) is 0 Å². The number of hydrazone groups is 1. The molecule has 0 saturated heterocycles. The number of nitrogens with one attached hydrogen (secondary N) is 1. The van der Waals surface area contributed by atoms with E-state index < -0.39 is 0 Å². The van der Waals surface area contributed by atoms with Crippen molar-refractivity contribution in [2.75, 3.05) is 7.05 Å². The molecule has 2 N–H and O–H groups in total. The minimum atomic E-state index is 0.247. The third-order valence-electron chi connectivity index (χ3n) is 1.59. The Morgan fingerprint density at radius 3 is 2.54 bits per heavy atom. The molecule has 0 fully saturated rings. The van der Waals surface area contributed by atoms with Gasteiger partial charge in [-0.2, -0.15) is 5.10 Å². The SMILES string of the molecule is C=C/C(=N\NC)c1ccc(O)cc1. The molecule has 0 saturated carbocycles. The highest BCUT2D eigenvalue weighted by Crippen LogP contribution is 2.10. The molecule has 0 amide bonds. The maximum atomic E-state index is 9.06. The lowest BCUT2D eigenvalue weighted by atomic mass is 10.1. The second kappa shape index (κ2) is 4.30. The second-order valence-corrected chi connectivity index (χ2v) is 2.47. The van der Waals surface area contributed by atoms with Crippen molar-refractivity contribution < 1.29 is 5.11 Å². The van der Waals surface area contributed by atoms with Gasteiger partial charge in [-0.05, 0) is 30.3 Å². The molecular weight excluding hydrogens is 164 g/mol. The quantitative estimate of drug-likeness (QED) is 0.541. The van der Waals surface area contributed by atoms with E-state index >= 15 is 0 Å². The van der Waals surface area contributed by atoms with Crippen molar-refractivity contribution in [3.8, 4) is 5.75 Å². The highest BCUT2D eigenvalue weighted by atomic mass is 16.3. The number of phenols is 1. The predicted octanol–water partition coefficient (Wildman–Crippen LogP) is 1.50. The highest BCUT2D eigenvalue weighted by Gasteiger charge is 1.97. The summed E-state index contributed by atoms with van der Waals surface area (Å²) in [6, 6.07) is 6.80. The largest absolute Gasteiger partial charge is 0.508 e. The lowest BCUT2D eigenvalue weighted by Gasteiger charge is -2.00. The van der Waals surface area contributed by atoms with E-state index in [-0.39, 0.29) is 5.75 Å². The minimum Gasteiger partial charge on any atom is -0.508 e. The summed E-state index contributed by atoms with van der Waals surface area (Å²) in [5, 5.41) is 13.1. The summed E-state index contributed by atoms with van der Waals surface area (Å²) in [6.45, 7) is 3.65. The zero-order chi connectivity index (χ0) is 9.68. The van der Waals surface area contributed by atoms with Crippen molar-refractivity contribution in [2.45, 2.75) is 0 Å². The van der Waals surface area contributed by atoms with Crippen molar-refractivity contribution in [2.24, 2.45) is 5.10 Å². The first-order valence-electron chi connectivity index (χ1n) is 3.94. The molecule has 0 aliphatic rings. The third-order valence-corrected chi connectivity index (χ3v) is 1.59. The molecule has 13 heavy (non-hydrogen) atoms. The fourth-order valence-electron chi connectivity index (χ4n) is 0.981. The van der Waals surface area contributed by atoms with Crippen LogP contribution in [0.5, 0.6) is 5.75 Å². The molecule has 1 aromatic rings. The molecule has 0 atom stereocenters. The monoisotopic (exact) mass is 176 g/mol. The highest BCUT2D eigenvalue weighted by molar-refractivity contribution is 6.08. The normalized spacial score (nSPS) is 11.0. The molecule has 3 heteroatoms. The Hall–Kier alpha value is -1.77. The van der Waals surface area contributed by atoms with Gasteiger partial charge in [-0.25, -0.2) is 0 Å². The zero-order valence-corrected chi connectivity index (χ0v) is 7.49. The molecule has 1 aromatic carbocycles. The van der Waals surface area contributed by atoms with Crippen LogP contribution in [0.15, 0.2) is 42.0 Å². The molecule has 0 aromatic heterocycles. The van der Waals surface area contributed by atoms with Gasteiger partial charge in [-0.15, -0.1) is 0 Å². The molecule has 0 bridgehead atoms. The molecule has 0 aliphatic carbocycles. The van der Waals surface area contributed by atoms with Gasteiger partial charge in [0.25, 0.3) is 0 Å². The summed E-state index contributed by atoms with van der Waals surface area (Å²) in [6.07, 6.45) is 1.66. The van der Waals surface area contributed by atoms with Gasteiger partial charge in [-0.3, -0.25) is 0 Å². The van der Waals surface area contributed by atoms with Crippen molar-refractivity contribution >= 4 is 5.71 Å². The Kier molecular flexibility index (Phi) is 3.09. The maximum Gasteiger partial charge on any atom is 0.115 e. The van der Waals surface area contributed by atoms with Crippen LogP contribution >= 0.6 is 0 Å². The number of aromatic hydroxyl groups is 1. The standard InChI is InChI=1S/C10H12N2O/c1-3-10(12-11-2)8-4-6-9(13)7-5-8/h3-7,11,13H,1H2,2H3/b12-10+. The molecule has 0 radical (unpaired) electrons. The van der Waals surface area contributed by atoms with Crippen molar-refractivity contribution in [3.05, 3.63) is 42.5 Å². The van der Waals surface area contributed by atoms with E-state index in [0.717, 1.165) is 11.3 Å². The van der Waals surface area contributed by atoms with Gasteiger partial charge in [0.2, 0.25) is 0 Å². The van der Waals surface area contributed by atoms with Gasteiger partial charge in [0.15, 0.2) is 0 Å². The van der Waals surface area contributed by atoms with Crippen LogP contribution in [0, 0.1) is 0 Å². The summed E-state index contributed by atoms with van der Waals surface area (Å²) >= 11 is 0. The van der Waals surface area contributed by atoms with Crippen LogP contribution in [0.1, 0.15) is 5.56 Å². The van der Waals surface area contributed by atoms with Crippen LogP contribution in [0.4, 0.5) is 0 Å². The lowest BCUT2D eigenvalue weighted by Crippen LogP contribution is -2.03. The fraction of sp³-hybridized carbons (Fsp3) is 0.100. The molecule has 0 spiro atoms. The number of phenolic OH excluding ortho intramolecular Hbond substituents is 1. The number of allylic oxidation sites excluding steroid dienone is 1. The number of nitrogens with zero attached hydrogens (tertiary/aromatic N) is 1. The van der Waals surface area contributed by atoms with Crippen molar-refractivity contribution in [3.63, 3.8) is 0 Å². The maximum absolute atomic E-state index is 9.06. The van der Waals surface area contributed by atoms with Crippen LogP contribution < -0.4 is 5.43 Å². The van der Waals surface area contributed by atoms with Crippen LogP contribution in [-0.2, 0) is 0 Å². The van der Waals surface area contributed by atoms with E-state index in [1.165, 1.54) is 0 Å². The van der Waals surface area contributed by atoms with E-state index in [2.05, 4.69) is 17.1 Å². The first-order valence-corrected chi connectivity index (χ1v) is 3.94. The number of hydrogen-bond donors (Lipinski definition) is 2. The topological polar surface area (TPSA) is 44.6 Å². The lowest BCUT2D eigenvalue weighted by molar-refractivity contribution is 0.475. The second-order valence-electron chi connectivity index (χ2n) is 2.47. The van der Waals surface area contributed by atoms with Crippen LogP contribution in [0.2, 0.25) is 0 Å². The van der Waals surface area contributed by atoms with E-state index in [1.54, 1.807) is 37.4 Å². The summed E-state index contributed by atoms with van der Waals surface area (Å²) in [5.41, 5.74) is 4.36. The molecule has 1 rings (SSSR count). The number of benzene rings is 1. The molecular formula is C10H12N2O. The molecule has 68 valence electrons. The molecule has 0 heterocycles.